The Morgan fingerprint density at radius 3 is 2.90 bits per heavy atom. The highest BCUT2D eigenvalue weighted by Crippen LogP contribution is 2.38. The first kappa shape index (κ1) is 14.0. The van der Waals surface area contributed by atoms with Crippen LogP contribution in [-0.4, -0.2) is 16.8 Å². The number of nitrogens with one attached hydrogen (secondary N) is 1. The number of nitrogens with zero attached hydrogens (tertiary/aromatic N) is 1. The molecule has 0 atom stereocenters. The van der Waals surface area contributed by atoms with Crippen LogP contribution in [-0.2, 0) is 12.8 Å². The molecule has 1 aliphatic rings. The lowest BCUT2D eigenvalue weighted by Gasteiger charge is -2.06. The number of anilines is 1. The SMILES string of the molecule is NC(=O)c1c(NC(=O)c2ccnc(Cl)c2)sc2c1CCC2. The summed E-state index contributed by atoms with van der Waals surface area (Å²) in [4.78, 5) is 28.8. The largest absolute Gasteiger partial charge is 0.365 e. The molecule has 21 heavy (non-hydrogen) atoms. The Bertz CT molecular complexity index is 742. The molecule has 1 aliphatic carbocycles. The second kappa shape index (κ2) is 5.46. The number of halogens is 1. The lowest BCUT2D eigenvalue weighted by atomic mass is 10.1. The van der Waals surface area contributed by atoms with Crippen LogP contribution in [0.5, 0.6) is 0 Å². The second-order valence-electron chi connectivity index (χ2n) is 4.75. The maximum atomic E-state index is 12.2. The number of aromatic nitrogens is 1. The standard InChI is InChI=1S/C14H12ClN3O2S/c15-10-6-7(4-5-17-10)13(20)18-14-11(12(16)19)8-2-1-3-9(8)21-14/h4-6H,1-3H2,(H2,16,19)(H,18,20). The molecule has 0 saturated heterocycles. The van der Waals surface area contributed by atoms with Crippen molar-refractivity contribution in [3.05, 3.63) is 45.1 Å². The van der Waals surface area contributed by atoms with Gasteiger partial charge in [0.15, 0.2) is 0 Å². The zero-order valence-electron chi connectivity index (χ0n) is 11.0. The number of carbonyl (C=O) groups is 2. The molecule has 7 heteroatoms. The van der Waals surface area contributed by atoms with E-state index in [1.165, 1.54) is 23.6 Å². The van der Waals surface area contributed by atoms with Crippen LogP contribution in [0.15, 0.2) is 18.3 Å². The van der Waals surface area contributed by atoms with Crippen molar-refractivity contribution in [2.45, 2.75) is 19.3 Å². The highest BCUT2D eigenvalue weighted by atomic mass is 35.5. The van der Waals surface area contributed by atoms with Crippen molar-refractivity contribution in [1.82, 2.24) is 4.98 Å². The molecule has 108 valence electrons. The van der Waals surface area contributed by atoms with Crippen LogP contribution in [0.3, 0.4) is 0 Å². The van der Waals surface area contributed by atoms with Crippen molar-refractivity contribution in [3.63, 3.8) is 0 Å². The smallest absolute Gasteiger partial charge is 0.256 e. The third kappa shape index (κ3) is 2.64. The zero-order chi connectivity index (χ0) is 15.0. The Labute approximate surface area is 130 Å². The topological polar surface area (TPSA) is 85.1 Å². The predicted octanol–water partition coefficient (Wildman–Crippen LogP) is 2.64. The number of thiophene rings is 1. The van der Waals surface area contributed by atoms with Crippen molar-refractivity contribution >= 4 is 39.8 Å². The fraction of sp³-hybridized carbons (Fsp3) is 0.214. The van der Waals surface area contributed by atoms with E-state index >= 15 is 0 Å². The van der Waals surface area contributed by atoms with E-state index in [1.807, 2.05) is 0 Å². The summed E-state index contributed by atoms with van der Waals surface area (Å²) in [6.07, 6.45) is 4.24. The summed E-state index contributed by atoms with van der Waals surface area (Å²) in [5.74, 6) is -0.834. The molecule has 0 fully saturated rings. The van der Waals surface area contributed by atoms with E-state index < -0.39 is 5.91 Å². The quantitative estimate of drug-likeness (QED) is 0.852. The van der Waals surface area contributed by atoms with E-state index in [9.17, 15) is 9.59 Å². The van der Waals surface area contributed by atoms with Gasteiger partial charge in [0, 0.05) is 16.6 Å². The van der Waals surface area contributed by atoms with Crippen molar-refractivity contribution in [2.24, 2.45) is 5.73 Å². The number of pyridine rings is 1. The Morgan fingerprint density at radius 1 is 1.38 bits per heavy atom. The fourth-order valence-corrected chi connectivity index (χ4v) is 3.94. The van der Waals surface area contributed by atoms with E-state index in [4.69, 9.17) is 17.3 Å². The van der Waals surface area contributed by atoms with Gasteiger partial charge in [0.1, 0.15) is 10.2 Å². The summed E-state index contributed by atoms with van der Waals surface area (Å²) in [6, 6.07) is 3.04. The molecule has 0 aromatic carbocycles. The molecule has 0 bridgehead atoms. The number of hydrogen-bond donors (Lipinski definition) is 2. The van der Waals surface area contributed by atoms with Gasteiger partial charge in [-0.3, -0.25) is 9.59 Å². The van der Waals surface area contributed by atoms with Gasteiger partial charge >= 0.3 is 0 Å². The summed E-state index contributed by atoms with van der Waals surface area (Å²) >= 11 is 7.19. The van der Waals surface area contributed by atoms with Gasteiger partial charge in [-0.2, -0.15) is 0 Å². The predicted molar refractivity (Wildman–Crippen MR) is 82.1 cm³/mol. The molecule has 3 rings (SSSR count). The van der Waals surface area contributed by atoms with E-state index in [2.05, 4.69) is 10.3 Å². The van der Waals surface area contributed by atoms with Crippen LogP contribution in [0.1, 0.15) is 37.6 Å². The summed E-state index contributed by atoms with van der Waals surface area (Å²) in [6.45, 7) is 0. The molecular formula is C14H12ClN3O2S. The number of carbonyl (C=O) groups excluding carboxylic acids is 2. The number of fused-ring (bicyclic) bond motifs is 1. The first-order valence-corrected chi connectivity index (χ1v) is 7.63. The Balaban J connectivity index is 1.92. The zero-order valence-corrected chi connectivity index (χ0v) is 12.6. The third-order valence-electron chi connectivity index (χ3n) is 3.38. The Kier molecular flexibility index (Phi) is 3.65. The number of amides is 2. The van der Waals surface area contributed by atoms with Crippen molar-refractivity contribution < 1.29 is 9.59 Å². The normalized spacial score (nSPS) is 13.0. The van der Waals surface area contributed by atoms with Crippen LogP contribution < -0.4 is 11.1 Å². The summed E-state index contributed by atoms with van der Waals surface area (Å²) in [7, 11) is 0. The van der Waals surface area contributed by atoms with Crippen molar-refractivity contribution in [1.29, 1.82) is 0 Å². The van der Waals surface area contributed by atoms with E-state index in [0.717, 1.165) is 29.7 Å². The molecule has 2 heterocycles. The van der Waals surface area contributed by atoms with E-state index in [-0.39, 0.29) is 11.1 Å². The first-order chi connectivity index (χ1) is 10.1. The summed E-state index contributed by atoms with van der Waals surface area (Å²) < 4.78 is 0. The molecule has 2 amide bonds. The molecule has 0 spiro atoms. The van der Waals surface area contributed by atoms with Gasteiger partial charge in [-0.05, 0) is 37.0 Å². The highest BCUT2D eigenvalue weighted by molar-refractivity contribution is 7.17. The molecule has 5 nitrogen and oxygen atoms in total. The van der Waals surface area contributed by atoms with Gasteiger partial charge in [-0.15, -0.1) is 11.3 Å². The summed E-state index contributed by atoms with van der Waals surface area (Å²) in [5, 5.41) is 3.52. The van der Waals surface area contributed by atoms with Gasteiger partial charge in [0.2, 0.25) is 0 Å². The van der Waals surface area contributed by atoms with Gasteiger partial charge in [0.05, 0.1) is 5.56 Å². The number of rotatable bonds is 3. The van der Waals surface area contributed by atoms with E-state index in [0.29, 0.717) is 16.1 Å². The molecule has 0 saturated carbocycles. The Hall–Kier alpha value is -1.92. The van der Waals surface area contributed by atoms with Crippen LogP contribution in [0.4, 0.5) is 5.00 Å². The first-order valence-electron chi connectivity index (χ1n) is 6.43. The minimum Gasteiger partial charge on any atom is -0.365 e. The molecule has 2 aromatic rings. The maximum Gasteiger partial charge on any atom is 0.256 e. The monoisotopic (exact) mass is 321 g/mol. The number of primary amides is 1. The minimum atomic E-state index is -0.502. The number of aryl methyl sites for hydroxylation is 1. The third-order valence-corrected chi connectivity index (χ3v) is 4.80. The van der Waals surface area contributed by atoms with Gasteiger partial charge in [-0.1, -0.05) is 11.6 Å². The molecule has 0 radical (unpaired) electrons. The van der Waals surface area contributed by atoms with E-state index in [1.54, 1.807) is 6.07 Å². The molecule has 2 aromatic heterocycles. The van der Waals surface area contributed by atoms with Crippen molar-refractivity contribution in [2.75, 3.05) is 5.32 Å². The average Bonchev–Trinajstić information content (AvgIpc) is 2.98. The average molecular weight is 322 g/mol. The highest BCUT2D eigenvalue weighted by Gasteiger charge is 2.26. The molecular weight excluding hydrogens is 310 g/mol. The van der Waals surface area contributed by atoms with Crippen LogP contribution in [0, 0.1) is 0 Å². The van der Waals surface area contributed by atoms with Crippen LogP contribution in [0.2, 0.25) is 5.15 Å². The van der Waals surface area contributed by atoms with Crippen LogP contribution >= 0.6 is 22.9 Å². The lowest BCUT2D eigenvalue weighted by Crippen LogP contribution is -2.17. The number of nitrogens with two attached hydrogens (primary N) is 1. The fourth-order valence-electron chi connectivity index (χ4n) is 2.47. The molecule has 3 N–H and O–H groups in total. The van der Waals surface area contributed by atoms with Gasteiger partial charge < -0.3 is 11.1 Å². The Morgan fingerprint density at radius 2 is 2.19 bits per heavy atom. The van der Waals surface area contributed by atoms with Crippen molar-refractivity contribution in [3.8, 4) is 0 Å². The second-order valence-corrected chi connectivity index (χ2v) is 6.24. The van der Waals surface area contributed by atoms with Gasteiger partial charge in [-0.25, -0.2) is 4.98 Å². The minimum absolute atomic E-state index is 0.242. The maximum absolute atomic E-state index is 12.2. The molecule has 0 unspecified atom stereocenters. The lowest BCUT2D eigenvalue weighted by molar-refractivity contribution is 0.100. The van der Waals surface area contributed by atoms with Gasteiger partial charge in [0.25, 0.3) is 11.8 Å². The number of hydrogen-bond acceptors (Lipinski definition) is 4. The van der Waals surface area contributed by atoms with Crippen LogP contribution in [0.25, 0.3) is 0 Å². The molecule has 0 aliphatic heterocycles. The summed E-state index contributed by atoms with van der Waals surface area (Å²) in [5.41, 5.74) is 7.27.